The van der Waals surface area contributed by atoms with Crippen molar-refractivity contribution >= 4 is 23.6 Å². The number of hydrogen-bond acceptors (Lipinski definition) is 7. The van der Waals surface area contributed by atoms with Crippen LogP contribution in [0, 0.1) is 18.3 Å². The number of carbonyl (C=O) groups excluding carboxylic acids is 1. The summed E-state index contributed by atoms with van der Waals surface area (Å²) in [5, 5.41) is 29.8. The van der Waals surface area contributed by atoms with Crippen LogP contribution in [0.1, 0.15) is 97.8 Å². The van der Waals surface area contributed by atoms with E-state index in [0.717, 1.165) is 37.0 Å². The monoisotopic (exact) mass is 753 g/mol. The van der Waals surface area contributed by atoms with Crippen LogP contribution in [0.25, 0.3) is 11.3 Å². The zero-order chi connectivity index (χ0) is 39.0. The number of carboxylic acid groups (broad SMARTS) is 1. The van der Waals surface area contributed by atoms with Crippen LogP contribution < -0.4 is 20.7 Å². The molecule has 0 saturated heterocycles. The van der Waals surface area contributed by atoms with Gasteiger partial charge in [0, 0.05) is 42.3 Å². The Morgan fingerprint density at radius 2 is 1.72 bits per heavy atom. The number of halogens is 1. The van der Waals surface area contributed by atoms with Gasteiger partial charge in [-0.25, -0.2) is 4.79 Å². The minimum absolute atomic E-state index is 0.0372. The fraction of sp³-hybridized carbons (Fsp3) is 0.419. The SMILES string of the molecule is COc1cc(Cl)c(C(=O)N[C@@H](CN[C@H]2CC[C@H](N(C(=O)O)C(C)(C)C)CC2)Cc2ccc(C#N)cc2)cc1-c1ccc(CN[C@H](C)c2ccc(C)cc2)o1. The number of ether oxygens (including phenoxy) is 1. The van der Waals surface area contributed by atoms with Crippen LogP contribution in [-0.2, 0) is 13.0 Å². The molecule has 4 aromatic rings. The predicted molar refractivity (Wildman–Crippen MR) is 212 cm³/mol. The Bertz CT molecular complexity index is 1920. The van der Waals surface area contributed by atoms with Crippen molar-refractivity contribution in [2.45, 2.75) is 103 Å². The largest absolute Gasteiger partial charge is 0.496 e. The van der Waals surface area contributed by atoms with E-state index in [1.54, 1.807) is 36.3 Å². The maximum absolute atomic E-state index is 14.0. The molecule has 1 aliphatic rings. The van der Waals surface area contributed by atoms with Crippen LogP contribution in [-0.4, -0.2) is 59.3 Å². The Hall–Kier alpha value is -4.82. The Morgan fingerprint density at radius 1 is 1.04 bits per heavy atom. The molecule has 3 aromatic carbocycles. The molecule has 1 saturated carbocycles. The van der Waals surface area contributed by atoms with E-state index in [0.29, 0.717) is 42.1 Å². The molecule has 4 N–H and O–H groups in total. The third-order valence-corrected chi connectivity index (χ3v) is 10.5. The second-order valence-corrected chi connectivity index (χ2v) is 15.6. The maximum Gasteiger partial charge on any atom is 0.407 e. The summed E-state index contributed by atoms with van der Waals surface area (Å²) in [6.07, 6.45) is 2.79. The molecule has 1 aliphatic carbocycles. The van der Waals surface area contributed by atoms with Gasteiger partial charge < -0.3 is 35.1 Å². The van der Waals surface area contributed by atoms with Crippen LogP contribution in [0.2, 0.25) is 5.02 Å². The number of nitriles is 1. The lowest BCUT2D eigenvalue weighted by atomic mass is 9.88. The minimum atomic E-state index is -0.891. The van der Waals surface area contributed by atoms with Gasteiger partial charge in [0.05, 0.1) is 41.4 Å². The van der Waals surface area contributed by atoms with Gasteiger partial charge in [0.2, 0.25) is 0 Å². The summed E-state index contributed by atoms with van der Waals surface area (Å²) >= 11 is 6.72. The Balaban J connectivity index is 1.29. The van der Waals surface area contributed by atoms with Crippen LogP contribution in [0.4, 0.5) is 4.79 Å². The van der Waals surface area contributed by atoms with Gasteiger partial charge in [-0.1, -0.05) is 53.6 Å². The molecule has 286 valence electrons. The number of benzene rings is 3. The average Bonchev–Trinajstić information content (AvgIpc) is 3.62. The zero-order valence-electron chi connectivity index (χ0n) is 32.0. The average molecular weight is 754 g/mol. The van der Waals surface area contributed by atoms with E-state index in [-0.39, 0.29) is 40.7 Å². The highest BCUT2D eigenvalue weighted by Gasteiger charge is 2.35. The van der Waals surface area contributed by atoms with Gasteiger partial charge in [-0.2, -0.15) is 5.26 Å². The van der Waals surface area contributed by atoms with Crippen molar-refractivity contribution in [3.8, 4) is 23.1 Å². The number of amides is 2. The lowest BCUT2D eigenvalue weighted by Gasteiger charge is -2.43. The van der Waals surface area contributed by atoms with E-state index >= 15 is 0 Å². The molecule has 2 atom stereocenters. The highest BCUT2D eigenvalue weighted by atomic mass is 35.5. The number of carbonyl (C=O) groups is 2. The van der Waals surface area contributed by atoms with E-state index in [9.17, 15) is 20.0 Å². The van der Waals surface area contributed by atoms with Gasteiger partial charge in [-0.05, 0) is 108 Å². The van der Waals surface area contributed by atoms with Gasteiger partial charge in [0.15, 0.2) is 0 Å². The highest BCUT2D eigenvalue weighted by Crippen LogP contribution is 2.36. The van der Waals surface area contributed by atoms with Gasteiger partial charge in [-0.15, -0.1) is 0 Å². The molecule has 11 heteroatoms. The van der Waals surface area contributed by atoms with Crippen molar-refractivity contribution in [2.75, 3.05) is 13.7 Å². The molecule has 0 unspecified atom stereocenters. The van der Waals surface area contributed by atoms with E-state index < -0.39 is 11.6 Å². The highest BCUT2D eigenvalue weighted by molar-refractivity contribution is 6.34. The molecule has 1 fully saturated rings. The Kier molecular flexibility index (Phi) is 13.5. The summed E-state index contributed by atoms with van der Waals surface area (Å²) < 4.78 is 11.9. The number of nitrogens with zero attached hydrogens (tertiary/aromatic N) is 2. The first kappa shape index (κ1) is 40.4. The number of furan rings is 1. The maximum atomic E-state index is 14.0. The van der Waals surface area contributed by atoms with Crippen LogP contribution in [0.5, 0.6) is 5.75 Å². The first-order chi connectivity index (χ1) is 25.7. The number of rotatable bonds is 14. The first-order valence-electron chi connectivity index (χ1n) is 18.6. The van der Waals surface area contributed by atoms with Crippen LogP contribution >= 0.6 is 11.6 Å². The van der Waals surface area contributed by atoms with Crippen molar-refractivity contribution in [2.24, 2.45) is 0 Å². The predicted octanol–water partition coefficient (Wildman–Crippen LogP) is 8.66. The van der Waals surface area contributed by atoms with Crippen molar-refractivity contribution < 1.29 is 23.8 Å². The summed E-state index contributed by atoms with van der Waals surface area (Å²) in [5.41, 5.74) is 4.36. The summed E-state index contributed by atoms with van der Waals surface area (Å²) in [6.45, 7) is 11.0. The minimum Gasteiger partial charge on any atom is -0.496 e. The van der Waals surface area contributed by atoms with Crippen molar-refractivity contribution in [3.63, 3.8) is 0 Å². The lowest BCUT2D eigenvalue weighted by Crippen LogP contribution is -2.54. The van der Waals surface area contributed by atoms with Gasteiger partial charge >= 0.3 is 6.09 Å². The molecule has 0 spiro atoms. The molecular weight excluding hydrogens is 702 g/mol. The molecule has 5 rings (SSSR count). The Morgan fingerprint density at radius 3 is 2.33 bits per heavy atom. The van der Waals surface area contributed by atoms with Crippen LogP contribution in [0.3, 0.4) is 0 Å². The molecule has 54 heavy (non-hydrogen) atoms. The fourth-order valence-corrected chi connectivity index (χ4v) is 7.45. The Labute approximate surface area is 323 Å². The molecule has 10 nitrogen and oxygen atoms in total. The van der Waals surface area contributed by atoms with E-state index in [1.165, 1.54) is 11.1 Å². The van der Waals surface area contributed by atoms with Gasteiger partial charge in [0.1, 0.15) is 17.3 Å². The van der Waals surface area contributed by atoms with Gasteiger partial charge in [0.25, 0.3) is 5.91 Å². The molecule has 2 amide bonds. The van der Waals surface area contributed by atoms with E-state index in [2.05, 4.69) is 60.1 Å². The van der Waals surface area contributed by atoms with Crippen molar-refractivity contribution in [3.05, 3.63) is 111 Å². The molecule has 0 aliphatic heterocycles. The number of methoxy groups -OCH3 is 1. The zero-order valence-corrected chi connectivity index (χ0v) is 32.8. The summed E-state index contributed by atoms with van der Waals surface area (Å²) in [5.74, 6) is 1.44. The molecule has 0 bridgehead atoms. The number of hydrogen-bond donors (Lipinski definition) is 4. The smallest absolute Gasteiger partial charge is 0.407 e. The molecule has 1 aromatic heterocycles. The fourth-order valence-electron chi connectivity index (χ4n) is 7.21. The topological polar surface area (TPSA) is 140 Å². The summed E-state index contributed by atoms with van der Waals surface area (Å²) in [4.78, 5) is 27.7. The van der Waals surface area contributed by atoms with Crippen molar-refractivity contribution in [1.29, 1.82) is 5.26 Å². The molecule has 1 heterocycles. The second kappa shape index (κ2) is 18.0. The molecular formula is C43H52ClN5O5. The third-order valence-electron chi connectivity index (χ3n) is 10.2. The standard InChI is InChI=1S/C43H52ClN5O5/c1-27-7-13-31(14-8-27)28(2)46-26-35-19-20-39(54-35)37-22-36(38(44)23-40(37)53-6)41(50)48-33(21-29-9-11-30(24-45)12-10-29)25-47-32-15-17-34(18-16-32)49(42(51)52)43(3,4)5/h7-14,19-20,22-23,28,32-34,46-47H,15-18,21,25-26H2,1-6H3,(H,48,50)(H,51,52)/t28-,32-,33-,34-/m1/s1. The lowest BCUT2D eigenvalue weighted by molar-refractivity contribution is 0.0530. The second-order valence-electron chi connectivity index (χ2n) is 15.2. The van der Waals surface area contributed by atoms with Gasteiger partial charge in [-0.3, -0.25) is 4.79 Å². The van der Waals surface area contributed by atoms with Crippen molar-refractivity contribution in [1.82, 2.24) is 20.9 Å². The quantitative estimate of drug-likeness (QED) is 0.100. The number of nitrogens with one attached hydrogen (secondary N) is 3. The molecule has 0 radical (unpaired) electrons. The van der Waals surface area contributed by atoms with E-state index in [1.807, 2.05) is 45.0 Å². The first-order valence-corrected chi connectivity index (χ1v) is 19.0. The number of aryl methyl sites for hydroxylation is 1. The van der Waals surface area contributed by atoms with Crippen LogP contribution in [0.15, 0.2) is 77.2 Å². The summed E-state index contributed by atoms with van der Waals surface area (Å²) in [6, 6.07) is 25.0. The third kappa shape index (κ3) is 10.4. The normalized spacial score (nSPS) is 16.9. The van der Waals surface area contributed by atoms with E-state index in [4.69, 9.17) is 20.8 Å². The summed E-state index contributed by atoms with van der Waals surface area (Å²) in [7, 11) is 1.55.